The van der Waals surface area contributed by atoms with E-state index in [0.29, 0.717) is 18.4 Å². The van der Waals surface area contributed by atoms with Crippen LogP contribution in [0.25, 0.3) is 0 Å². The second-order valence-electron chi connectivity index (χ2n) is 8.96. The van der Waals surface area contributed by atoms with Crippen LogP contribution in [-0.4, -0.2) is 23.7 Å². The minimum Gasteiger partial charge on any atom is -0.478 e. The van der Waals surface area contributed by atoms with E-state index in [4.69, 9.17) is 9.84 Å². The van der Waals surface area contributed by atoms with Gasteiger partial charge < -0.3 is 9.84 Å². The van der Waals surface area contributed by atoms with Gasteiger partial charge in [0.15, 0.2) is 0 Å². The molecule has 0 aromatic heterocycles. The Morgan fingerprint density at radius 1 is 1.31 bits per heavy atom. The number of carboxylic acids is 1. The molecule has 0 amide bonds. The molecule has 0 spiro atoms. The molecule has 2 rings (SSSR count). The lowest BCUT2D eigenvalue weighted by atomic mass is 9.47. The van der Waals surface area contributed by atoms with Gasteiger partial charge in [0.25, 0.3) is 0 Å². The van der Waals surface area contributed by atoms with E-state index >= 15 is 0 Å². The predicted octanol–water partition coefficient (Wildman–Crippen LogP) is 5.14. The van der Waals surface area contributed by atoms with Crippen molar-refractivity contribution >= 4 is 11.9 Å². The van der Waals surface area contributed by atoms with Gasteiger partial charge in [-0.2, -0.15) is 0 Å². The molecule has 0 aromatic carbocycles. The topological polar surface area (TPSA) is 63.6 Å². The zero-order chi connectivity index (χ0) is 19.5. The number of carbonyl (C=O) groups excluding carboxylic acids is 1. The fourth-order valence-corrected chi connectivity index (χ4v) is 5.71. The fourth-order valence-electron chi connectivity index (χ4n) is 5.71. The first kappa shape index (κ1) is 20.7. The largest absolute Gasteiger partial charge is 0.478 e. The Balaban J connectivity index is 2.20. The molecule has 2 saturated carbocycles. The van der Waals surface area contributed by atoms with Crippen LogP contribution in [0.2, 0.25) is 0 Å². The third kappa shape index (κ3) is 4.39. The third-order valence-electron chi connectivity index (χ3n) is 6.95. The number of hydrogen-bond donors (Lipinski definition) is 1. The van der Waals surface area contributed by atoms with Crippen LogP contribution in [0, 0.1) is 22.7 Å². The summed E-state index contributed by atoms with van der Waals surface area (Å²) in [7, 11) is 0. The average molecular weight is 363 g/mol. The maximum absolute atomic E-state index is 11.4. The Morgan fingerprint density at radius 2 is 2.00 bits per heavy atom. The normalized spacial score (nSPS) is 34.9. The molecule has 0 heterocycles. The van der Waals surface area contributed by atoms with Crippen molar-refractivity contribution < 1.29 is 19.4 Å². The number of rotatable bonds is 6. The first-order valence-electron chi connectivity index (χ1n) is 9.79. The molecule has 26 heavy (non-hydrogen) atoms. The maximum Gasteiger partial charge on any atom is 0.328 e. The lowest BCUT2D eigenvalue weighted by Gasteiger charge is -2.58. The lowest BCUT2D eigenvalue weighted by molar-refractivity contribution is -0.152. The molecule has 146 valence electrons. The van der Waals surface area contributed by atoms with Crippen molar-refractivity contribution in [1.29, 1.82) is 0 Å². The van der Waals surface area contributed by atoms with Crippen LogP contribution >= 0.6 is 0 Å². The number of carboxylic acid groups (broad SMARTS) is 1. The zero-order valence-corrected chi connectivity index (χ0v) is 16.8. The van der Waals surface area contributed by atoms with Gasteiger partial charge in [-0.15, -0.1) is 0 Å². The summed E-state index contributed by atoms with van der Waals surface area (Å²) in [5.41, 5.74) is 2.38. The number of fused-ring (bicyclic) bond motifs is 1. The zero-order valence-electron chi connectivity index (χ0n) is 16.8. The number of aliphatic carboxylic acids is 1. The van der Waals surface area contributed by atoms with Crippen LogP contribution in [0.3, 0.4) is 0 Å². The lowest BCUT2D eigenvalue weighted by Crippen LogP contribution is -2.52. The average Bonchev–Trinajstić information content (AvgIpc) is 2.51. The van der Waals surface area contributed by atoms with E-state index in [1.807, 2.05) is 6.92 Å². The Morgan fingerprint density at radius 3 is 2.62 bits per heavy atom. The molecule has 0 aliphatic heterocycles. The molecular formula is C22H34O4. The number of hydrogen-bond acceptors (Lipinski definition) is 3. The van der Waals surface area contributed by atoms with Crippen LogP contribution in [0.5, 0.6) is 0 Å². The van der Waals surface area contributed by atoms with Crippen molar-refractivity contribution in [2.45, 2.75) is 72.6 Å². The summed E-state index contributed by atoms with van der Waals surface area (Å²) in [5, 5.41) is 8.95. The smallest absolute Gasteiger partial charge is 0.328 e. The van der Waals surface area contributed by atoms with E-state index in [-0.39, 0.29) is 16.8 Å². The molecule has 0 bridgehead atoms. The molecule has 4 nitrogen and oxygen atoms in total. The van der Waals surface area contributed by atoms with Gasteiger partial charge in [-0.3, -0.25) is 4.79 Å². The van der Waals surface area contributed by atoms with Gasteiger partial charge in [0.05, 0.1) is 6.61 Å². The second kappa shape index (κ2) is 7.98. The molecule has 0 unspecified atom stereocenters. The highest BCUT2D eigenvalue weighted by Crippen LogP contribution is 2.62. The fraction of sp³-hybridized carbons (Fsp3) is 0.727. The Bertz CT molecular complexity index is 605. The molecular weight excluding hydrogens is 328 g/mol. The van der Waals surface area contributed by atoms with Gasteiger partial charge in [0, 0.05) is 18.4 Å². The number of ether oxygens (including phenoxy) is 1. The first-order chi connectivity index (χ1) is 12.1. The molecule has 1 N–H and O–H groups in total. The SMILES string of the molecule is C=C1CC[C@H]2[C@@](C)(COC(C)=O)CCC[C@]2(C)[C@H]1CC/C(C)=C\C(=O)O. The third-order valence-corrected chi connectivity index (χ3v) is 6.95. The Kier molecular flexibility index (Phi) is 6.36. The maximum atomic E-state index is 11.4. The summed E-state index contributed by atoms with van der Waals surface area (Å²) < 4.78 is 5.45. The van der Waals surface area contributed by atoms with Crippen molar-refractivity contribution in [3.8, 4) is 0 Å². The van der Waals surface area contributed by atoms with Crippen molar-refractivity contribution in [2.75, 3.05) is 6.61 Å². The molecule has 0 saturated heterocycles. The summed E-state index contributed by atoms with van der Waals surface area (Å²) in [6, 6.07) is 0. The highest BCUT2D eigenvalue weighted by Gasteiger charge is 2.54. The minimum atomic E-state index is -0.874. The molecule has 0 radical (unpaired) electrons. The monoisotopic (exact) mass is 362 g/mol. The van der Waals surface area contributed by atoms with Gasteiger partial charge in [-0.25, -0.2) is 4.79 Å². The summed E-state index contributed by atoms with van der Waals surface area (Å²) in [5.74, 6) is -0.178. The Labute approximate surface area is 157 Å². The van der Waals surface area contributed by atoms with Crippen molar-refractivity contribution in [1.82, 2.24) is 0 Å². The standard InChI is InChI=1S/C22H34O4/c1-15(13-20(24)25)7-9-18-16(2)8-10-19-21(4,14-26-17(3)23)11-6-12-22(18,19)5/h13,18-19H,2,6-12,14H2,1,3-5H3,(H,24,25)/b15-13-/t18-,19-,21+,22+/m0/s1. The second-order valence-corrected chi connectivity index (χ2v) is 8.96. The van der Waals surface area contributed by atoms with E-state index in [2.05, 4.69) is 20.4 Å². The van der Waals surface area contributed by atoms with Crippen LogP contribution in [0.1, 0.15) is 72.6 Å². The van der Waals surface area contributed by atoms with Gasteiger partial charge in [0.2, 0.25) is 0 Å². The number of allylic oxidation sites excluding steroid dienone is 2. The first-order valence-corrected chi connectivity index (χ1v) is 9.79. The van der Waals surface area contributed by atoms with E-state index in [1.165, 1.54) is 25.0 Å². The van der Waals surface area contributed by atoms with Crippen LogP contribution in [0.4, 0.5) is 0 Å². The minimum absolute atomic E-state index is 0.0174. The van der Waals surface area contributed by atoms with E-state index in [1.54, 1.807) is 0 Å². The van der Waals surface area contributed by atoms with Gasteiger partial charge in [0.1, 0.15) is 0 Å². The van der Waals surface area contributed by atoms with Crippen LogP contribution in [-0.2, 0) is 14.3 Å². The Hall–Kier alpha value is -1.58. The number of carbonyl (C=O) groups is 2. The molecule has 2 fully saturated rings. The van der Waals surface area contributed by atoms with E-state index < -0.39 is 5.97 Å². The van der Waals surface area contributed by atoms with E-state index in [0.717, 1.165) is 44.1 Å². The number of esters is 1. The van der Waals surface area contributed by atoms with Gasteiger partial charge in [-0.1, -0.05) is 38.0 Å². The summed E-state index contributed by atoms with van der Waals surface area (Å²) >= 11 is 0. The molecule has 0 aromatic rings. The van der Waals surface area contributed by atoms with E-state index in [9.17, 15) is 9.59 Å². The summed E-state index contributed by atoms with van der Waals surface area (Å²) in [6.07, 6.45) is 8.58. The van der Waals surface area contributed by atoms with Gasteiger partial charge in [-0.05, 0) is 62.7 Å². The molecule has 4 atom stereocenters. The van der Waals surface area contributed by atoms with Crippen molar-refractivity contribution in [3.63, 3.8) is 0 Å². The van der Waals surface area contributed by atoms with Crippen molar-refractivity contribution in [3.05, 3.63) is 23.8 Å². The highest BCUT2D eigenvalue weighted by molar-refractivity contribution is 5.80. The van der Waals surface area contributed by atoms with Gasteiger partial charge >= 0.3 is 11.9 Å². The van der Waals surface area contributed by atoms with Crippen LogP contribution < -0.4 is 0 Å². The molecule has 2 aliphatic carbocycles. The quantitative estimate of drug-likeness (QED) is 0.404. The van der Waals surface area contributed by atoms with Crippen LogP contribution in [0.15, 0.2) is 23.8 Å². The highest BCUT2D eigenvalue weighted by atomic mass is 16.5. The summed E-state index contributed by atoms with van der Waals surface area (Å²) in [6.45, 7) is 12.9. The molecule has 2 aliphatic rings. The molecule has 4 heteroatoms. The van der Waals surface area contributed by atoms with Crippen molar-refractivity contribution in [2.24, 2.45) is 22.7 Å². The predicted molar refractivity (Wildman–Crippen MR) is 103 cm³/mol. The summed E-state index contributed by atoms with van der Waals surface area (Å²) in [4.78, 5) is 22.3.